The molecule has 0 spiro atoms. The van der Waals surface area contributed by atoms with Crippen LogP contribution in [0.3, 0.4) is 0 Å². The first kappa shape index (κ1) is 13.3. The summed E-state index contributed by atoms with van der Waals surface area (Å²) in [6.45, 7) is 10.1. The van der Waals surface area contributed by atoms with E-state index in [1.165, 1.54) is 38.8 Å². The summed E-state index contributed by atoms with van der Waals surface area (Å²) in [7, 11) is 0. The Balaban J connectivity index is 1.75. The summed E-state index contributed by atoms with van der Waals surface area (Å²) in [5.74, 6) is 0.932. The number of morpholine rings is 1. The summed E-state index contributed by atoms with van der Waals surface area (Å²) in [4.78, 5) is 2.69. The summed E-state index contributed by atoms with van der Waals surface area (Å²) < 4.78 is 5.53. The van der Waals surface area contributed by atoms with Gasteiger partial charge >= 0.3 is 0 Å². The third-order valence-electron chi connectivity index (χ3n) is 4.38. The molecule has 2 aliphatic rings. The highest BCUT2D eigenvalue weighted by molar-refractivity contribution is 4.81. The summed E-state index contributed by atoms with van der Waals surface area (Å²) >= 11 is 0. The molecule has 0 aromatic heterocycles. The summed E-state index contributed by atoms with van der Waals surface area (Å²) in [5.41, 5.74) is 0. The fourth-order valence-corrected chi connectivity index (χ4v) is 3.16. The number of hydrogen-bond donors (Lipinski definition) is 1. The van der Waals surface area contributed by atoms with Gasteiger partial charge in [0.05, 0.1) is 13.2 Å². The van der Waals surface area contributed by atoms with Gasteiger partial charge in [-0.05, 0) is 38.6 Å². The average molecular weight is 240 g/mol. The van der Waals surface area contributed by atoms with Gasteiger partial charge in [-0.15, -0.1) is 0 Å². The Labute approximate surface area is 106 Å². The third-order valence-corrected chi connectivity index (χ3v) is 4.38. The quantitative estimate of drug-likeness (QED) is 0.812. The monoisotopic (exact) mass is 240 g/mol. The van der Waals surface area contributed by atoms with Crippen LogP contribution in [0.4, 0.5) is 0 Å². The average Bonchev–Trinajstić information content (AvgIpc) is 2.40. The van der Waals surface area contributed by atoms with Crippen molar-refractivity contribution in [1.29, 1.82) is 0 Å². The minimum Gasteiger partial charge on any atom is -0.379 e. The van der Waals surface area contributed by atoms with Gasteiger partial charge in [0.15, 0.2) is 0 Å². The number of nitrogens with zero attached hydrogens (tertiary/aromatic N) is 1. The van der Waals surface area contributed by atoms with E-state index in [0.717, 1.165) is 25.7 Å². The Morgan fingerprint density at radius 3 is 3.06 bits per heavy atom. The smallest absolute Gasteiger partial charge is 0.0620 e. The summed E-state index contributed by atoms with van der Waals surface area (Å²) in [6.07, 6.45) is 5.40. The molecule has 3 nitrogen and oxygen atoms in total. The summed E-state index contributed by atoms with van der Waals surface area (Å²) in [5, 5.41) is 3.56. The van der Waals surface area contributed by atoms with Crippen molar-refractivity contribution in [2.24, 2.45) is 5.92 Å². The lowest BCUT2D eigenvalue weighted by molar-refractivity contribution is 0.0543. The van der Waals surface area contributed by atoms with E-state index in [1.54, 1.807) is 0 Å². The number of hydrogen-bond acceptors (Lipinski definition) is 3. The molecule has 0 aromatic carbocycles. The van der Waals surface area contributed by atoms with E-state index in [0.29, 0.717) is 12.1 Å². The molecule has 2 heterocycles. The van der Waals surface area contributed by atoms with Crippen molar-refractivity contribution in [2.75, 3.05) is 32.8 Å². The van der Waals surface area contributed by atoms with Crippen molar-refractivity contribution in [2.45, 2.75) is 51.6 Å². The molecular weight excluding hydrogens is 212 g/mol. The molecule has 0 radical (unpaired) electrons. The predicted octanol–water partition coefficient (Wildman–Crippen LogP) is 1.88. The van der Waals surface area contributed by atoms with E-state index in [4.69, 9.17) is 4.74 Å². The Morgan fingerprint density at radius 2 is 2.35 bits per heavy atom. The Kier molecular flexibility index (Phi) is 5.26. The molecule has 3 atom stereocenters. The van der Waals surface area contributed by atoms with Crippen LogP contribution in [-0.4, -0.2) is 49.8 Å². The highest BCUT2D eigenvalue weighted by atomic mass is 16.5. The van der Waals surface area contributed by atoms with E-state index in [-0.39, 0.29) is 0 Å². The van der Waals surface area contributed by atoms with Crippen LogP contribution in [0.25, 0.3) is 0 Å². The highest BCUT2D eigenvalue weighted by Gasteiger charge is 2.25. The molecule has 2 aliphatic heterocycles. The lowest BCUT2D eigenvalue weighted by Gasteiger charge is -2.38. The van der Waals surface area contributed by atoms with E-state index < -0.39 is 0 Å². The van der Waals surface area contributed by atoms with Gasteiger partial charge in [-0.1, -0.05) is 13.3 Å². The molecular formula is C14H28N2O. The molecule has 2 rings (SSSR count). The molecule has 0 amide bonds. The van der Waals surface area contributed by atoms with Crippen molar-refractivity contribution in [3.8, 4) is 0 Å². The van der Waals surface area contributed by atoms with E-state index in [9.17, 15) is 0 Å². The first-order chi connectivity index (χ1) is 8.29. The number of nitrogens with one attached hydrogen (secondary N) is 1. The Hall–Kier alpha value is -0.120. The SMILES string of the molecule is CCC1CCCN(C(C)CC2COCCN2)C1. The topological polar surface area (TPSA) is 24.5 Å². The standard InChI is InChI=1S/C14H28N2O/c1-3-13-5-4-7-16(10-13)12(2)9-14-11-17-8-6-15-14/h12-15H,3-11H2,1-2H3. The fraction of sp³-hybridized carbons (Fsp3) is 1.00. The van der Waals surface area contributed by atoms with Gasteiger partial charge in [0.25, 0.3) is 0 Å². The van der Waals surface area contributed by atoms with Crippen LogP contribution >= 0.6 is 0 Å². The number of rotatable bonds is 4. The molecule has 2 saturated heterocycles. The molecule has 0 aromatic rings. The molecule has 2 fully saturated rings. The molecule has 0 aliphatic carbocycles. The minimum atomic E-state index is 0.570. The number of ether oxygens (including phenoxy) is 1. The van der Waals surface area contributed by atoms with Crippen molar-refractivity contribution in [3.63, 3.8) is 0 Å². The minimum absolute atomic E-state index is 0.570. The molecule has 0 saturated carbocycles. The molecule has 3 unspecified atom stereocenters. The normalized spacial score (nSPS) is 33.5. The molecule has 1 N–H and O–H groups in total. The zero-order valence-electron chi connectivity index (χ0n) is 11.5. The Morgan fingerprint density at radius 1 is 1.47 bits per heavy atom. The zero-order chi connectivity index (χ0) is 12.1. The van der Waals surface area contributed by atoms with E-state index in [1.807, 2.05) is 0 Å². The second-order valence-corrected chi connectivity index (χ2v) is 5.72. The molecule has 100 valence electrons. The predicted molar refractivity (Wildman–Crippen MR) is 71.3 cm³/mol. The molecule has 0 bridgehead atoms. The third kappa shape index (κ3) is 3.94. The van der Waals surface area contributed by atoms with Crippen LogP contribution in [0.1, 0.15) is 39.5 Å². The van der Waals surface area contributed by atoms with Gasteiger partial charge in [0.1, 0.15) is 0 Å². The zero-order valence-corrected chi connectivity index (χ0v) is 11.5. The second kappa shape index (κ2) is 6.72. The van der Waals surface area contributed by atoms with Crippen LogP contribution < -0.4 is 5.32 Å². The molecule has 17 heavy (non-hydrogen) atoms. The lowest BCUT2D eigenvalue weighted by atomic mass is 9.93. The first-order valence-corrected chi connectivity index (χ1v) is 7.34. The van der Waals surface area contributed by atoms with Crippen molar-refractivity contribution >= 4 is 0 Å². The van der Waals surface area contributed by atoms with Gasteiger partial charge < -0.3 is 15.0 Å². The van der Waals surface area contributed by atoms with Gasteiger partial charge in [-0.2, -0.15) is 0 Å². The van der Waals surface area contributed by atoms with Crippen molar-refractivity contribution in [3.05, 3.63) is 0 Å². The Bertz CT molecular complexity index is 216. The van der Waals surface area contributed by atoms with Crippen LogP contribution in [-0.2, 0) is 4.74 Å². The highest BCUT2D eigenvalue weighted by Crippen LogP contribution is 2.22. The number of piperidine rings is 1. The van der Waals surface area contributed by atoms with Gasteiger partial charge in [0, 0.05) is 25.2 Å². The fourth-order valence-electron chi connectivity index (χ4n) is 3.16. The van der Waals surface area contributed by atoms with Crippen molar-refractivity contribution < 1.29 is 4.74 Å². The first-order valence-electron chi connectivity index (χ1n) is 7.34. The number of likely N-dealkylation sites (tertiary alicyclic amines) is 1. The second-order valence-electron chi connectivity index (χ2n) is 5.72. The summed E-state index contributed by atoms with van der Waals surface area (Å²) in [6, 6.07) is 1.27. The van der Waals surface area contributed by atoms with Crippen LogP contribution in [0, 0.1) is 5.92 Å². The van der Waals surface area contributed by atoms with E-state index in [2.05, 4.69) is 24.1 Å². The molecule has 3 heteroatoms. The van der Waals surface area contributed by atoms with Crippen LogP contribution in [0.5, 0.6) is 0 Å². The maximum absolute atomic E-state index is 5.53. The van der Waals surface area contributed by atoms with Crippen LogP contribution in [0.15, 0.2) is 0 Å². The van der Waals surface area contributed by atoms with Gasteiger partial charge in [-0.25, -0.2) is 0 Å². The lowest BCUT2D eigenvalue weighted by Crippen LogP contribution is -2.48. The van der Waals surface area contributed by atoms with Gasteiger partial charge in [0.2, 0.25) is 0 Å². The van der Waals surface area contributed by atoms with Crippen molar-refractivity contribution in [1.82, 2.24) is 10.2 Å². The van der Waals surface area contributed by atoms with Crippen LogP contribution in [0.2, 0.25) is 0 Å². The largest absolute Gasteiger partial charge is 0.379 e. The maximum Gasteiger partial charge on any atom is 0.0620 e. The maximum atomic E-state index is 5.53. The van der Waals surface area contributed by atoms with E-state index >= 15 is 0 Å². The van der Waals surface area contributed by atoms with Gasteiger partial charge in [-0.3, -0.25) is 0 Å².